The van der Waals surface area contributed by atoms with Crippen LogP contribution < -0.4 is 9.47 Å². The topological polar surface area (TPSA) is 18.5 Å². The Kier molecular flexibility index (Phi) is 5.02. The minimum absolute atomic E-state index is 0.726. The second-order valence-corrected chi connectivity index (χ2v) is 5.80. The number of ether oxygens (including phenoxy) is 2. The summed E-state index contributed by atoms with van der Waals surface area (Å²) in [6.45, 7) is 5.79. The molecule has 3 aromatic rings. The van der Waals surface area contributed by atoms with E-state index in [0.29, 0.717) is 0 Å². The van der Waals surface area contributed by atoms with Crippen LogP contribution in [0.5, 0.6) is 11.5 Å². The van der Waals surface area contributed by atoms with Crippen molar-refractivity contribution in [2.24, 2.45) is 0 Å². The van der Waals surface area contributed by atoms with Gasteiger partial charge in [-0.1, -0.05) is 68.8 Å². The maximum Gasteiger partial charge on any atom is 0.135 e. The van der Waals surface area contributed by atoms with E-state index in [1.54, 1.807) is 0 Å². The first-order valence-corrected chi connectivity index (χ1v) is 8.55. The molecule has 0 aliphatic rings. The molecule has 0 aromatic heterocycles. The van der Waals surface area contributed by atoms with E-state index >= 15 is 0 Å². The lowest BCUT2D eigenvalue weighted by atomic mass is 10.0. The van der Waals surface area contributed by atoms with E-state index in [1.165, 1.54) is 0 Å². The second kappa shape index (κ2) is 7.36. The first kappa shape index (κ1) is 15.7. The molecule has 2 nitrogen and oxygen atoms in total. The fraction of sp³-hybridized carbons (Fsp3) is 0.333. The van der Waals surface area contributed by atoms with Crippen LogP contribution in [0.3, 0.4) is 0 Å². The summed E-state index contributed by atoms with van der Waals surface area (Å²) in [5.41, 5.74) is 0. The van der Waals surface area contributed by atoms with Gasteiger partial charge in [0, 0.05) is 21.5 Å². The summed E-state index contributed by atoms with van der Waals surface area (Å²) in [6, 6.07) is 16.8. The van der Waals surface area contributed by atoms with E-state index in [9.17, 15) is 0 Å². The molecule has 0 heterocycles. The number of rotatable bonds is 7. The number of benzene rings is 3. The minimum atomic E-state index is 0.726. The molecule has 0 amide bonds. The lowest BCUT2D eigenvalue weighted by molar-refractivity contribution is 0.314. The highest BCUT2D eigenvalue weighted by Gasteiger charge is 2.15. The van der Waals surface area contributed by atoms with Crippen LogP contribution >= 0.6 is 0 Å². The molecule has 0 bridgehead atoms. The van der Waals surface area contributed by atoms with Gasteiger partial charge in [0.1, 0.15) is 11.5 Å². The van der Waals surface area contributed by atoms with Gasteiger partial charge in [0.2, 0.25) is 0 Å². The largest absolute Gasteiger partial charge is 0.492 e. The Morgan fingerprint density at radius 3 is 1.43 bits per heavy atom. The first-order chi connectivity index (χ1) is 11.4. The van der Waals surface area contributed by atoms with Gasteiger partial charge in [0.15, 0.2) is 0 Å². The van der Waals surface area contributed by atoms with Crippen molar-refractivity contribution in [1.82, 2.24) is 0 Å². The zero-order valence-corrected chi connectivity index (χ0v) is 14.0. The van der Waals surface area contributed by atoms with Crippen LogP contribution in [0, 0.1) is 0 Å². The van der Waals surface area contributed by atoms with Crippen molar-refractivity contribution < 1.29 is 9.47 Å². The van der Waals surface area contributed by atoms with Gasteiger partial charge < -0.3 is 9.47 Å². The second-order valence-electron chi connectivity index (χ2n) is 5.80. The van der Waals surface area contributed by atoms with Crippen LogP contribution in [-0.2, 0) is 0 Å². The van der Waals surface area contributed by atoms with Crippen molar-refractivity contribution in [3.05, 3.63) is 48.5 Å². The predicted molar refractivity (Wildman–Crippen MR) is 97.6 cm³/mol. The molecule has 0 saturated carbocycles. The van der Waals surface area contributed by atoms with Gasteiger partial charge in [-0.25, -0.2) is 0 Å². The van der Waals surface area contributed by atoms with E-state index in [0.717, 1.165) is 65.5 Å². The normalized spacial score (nSPS) is 11.0. The molecule has 3 aromatic carbocycles. The minimum Gasteiger partial charge on any atom is -0.492 e. The lowest BCUT2D eigenvalue weighted by Gasteiger charge is -2.17. The maximum atomic E-state index is 6.18. The Morgan fingerprint density at radius 1 is 0.609 bits per heavy atom. The fourth-order valence-corrected chi connectivity index (χ4v) is 2.88. The smallest absolute Gasteiger partial charge is 0.135 e. The van der Waals surface area contributed by atoms with Gasteiger partial charge >= 0.3 is 0 Å². The summed E-state index contributed by atoms with van der Waals surface area (Å²) in [5.74, 6) is 1.95. The predicted octanol–water partition coefficient (Wildman–Crippen LogP) is 5.96. The molecule has 0 radical (unpaired) electrons. The molecule has 0 spiro atoms. The average molecular weight is 308 g/mol. The molecule has 0 unspecified atom stereocenters. The monoisotopic (exact) mass is 308 g/mol. The number of fused-ring (bicyclic) bond motifs is 2. The van der Waals surface area contributed by atoms with Crippen molar-refractivity contribution in [2.75, 3.05) is 13.2 Å². The Bertz CT molecular complexity index is 735. The van der Waals surface area contributed by atoms with E-state index in [2.05, 4.69) is 62.4 Å². The van der Waals surface area contributed by atoms with Crippen molar-refractivity contribution in [1.29, 1.82) is 0 Å². The van der Waals surface area contributed by atoms with Gasteiger partial charge in [0.25, 0.3) is 0 Å². The molecule has 3 rings (SSSR count). The summed E-state index contributed by atoms with van der Waals surface area (Å²) in [4.78, 5) is 0. The van der Waals surface area contributed by atoms with Crippen molar-refractivity contribution in [3.63, 3.8) is 0 Å². The van der Waals surface area contributed by atoms with Crippen LogP contribution in [-0.4, -0.2) is 13.2 Å². The van der Waals surface area contributed by atoms with Crippen molar-refractivity contribution >= 4 is 21.5 Å². The molecule has 120 valence electrons. The van der Waals surface area contributed by atoms with Gasteiger partial charge in [-0.05, 0) is 12.8 Å². The molecule has 0 saturated heterocycles. The Labute approximate surface area is 138 Å². The molecule has 0 atom stereocenters. The van der Waals surface area contributed by atoms with Crippen LogP contribution in [0.1, 0.15) is 33.1 Å². The first-order valence-electron chi connectivity index (χ1n) is 8.55. The molecule has 0 fully saturated rings. The van der Waals surface area contributed by atoms with Crippen molar-refractivity contribution in [2.45, 2.75) is 33.1 Å². The van der Waals surface area contributed by atoms with Gasteiger partial charge in [-0.3, -0.25) is 0 Å². The third kappa shape index (κ3) is 3.12. The number of hydrogen-bond donors (Lipinski definition) is 0. The van der Waals surface area contributed by atoms with E-state index < -0.39 is 0 Å². The molecule has 0 N–H and O–H groups in total. The Balaban J connectivity index is 2.23. The van der Waals surface area contributed by atoms with E-state index in [-0.39, 0.29) is 0 Å². The van der Waals surface area contributed by atoms with E-state index in [4.69, 9.17) is 9.47 Å². The van der Waals surface area contributed by atoms with Crippen LogP contribution in [0.2, 0.25) is 0 Å². The number of hydrogen-bond acceptors (Lipinski definition) is 2. The highest BCUT2D eigenvalue weighted by atomic mass is 16.5. The summed E-state index contributed by atoms with van der Waals surface area (Å²) in [7, 11) is 0. The number of unbranched alkanes of at least 4 members (excludes halogenated alkanes) is 1. The highest BCUT2D eigenvalue weighted by molar-refractivity contribution is 6.11. The molecule has 0 aliphatic carbocycles. The van der Waals surface area contributed by atoms with Crippen LogP contribution in [0.4, 0.5) is 0 Å². The lowest BCUT2D eigenvalue weighted by Crippen LogP contribution is -2.01. The quantitative estimate of drug-likeness (QED) is 0.396. The van der Waals surface area contributed by atoms with Crippen LogP contribution in [0.25, 0.3) is 21.5 Å². The molecule has 0 aliphatic heterocycles. The van der Waals surface area contributed by atoms with Gasteiger partial charge in [-0.15, -0.1) is 0 Å². The maximum absolute atomic E-state index is 6.18. The summed E-state index contributed by atoms with van der Waals surface area (Å²) in [5, 5.41) is 4.53. The summed E-state index contributed by atoms with van der Waals surface area (Å²) < 4.78 is 12.3. The molecule has 23 heavy (non-hydrogen) atoms. The SMILES string of the molecule is CCCCOc1c2ccccc2c(OCCC)c2ccccc12. The molecular formula is C21H24O2. The van der Waals surface area contributed by atoms with Crippen molar-refractivity contribution in [3.8, 4) is 11.5 Å². The van der Waals surface area contributed by atoms with Crippen LogP contribution in [0.15, 0.2) is 48.5 Å². The third-order valence-corrected chi connectivity index (χ3v) is 4.03. The Morgan fingerprint density at radius 2 is 1.04 bits per heavy atom. The fourth-order valence-electron chi connectivity index (χ4n) is 2.88. The highest BCUT2D eigenvalue weighted by Crippen LogP contribution is 2.42. The van der Waals surface area contributed by atoms with Gasteiger partial charge in [-0.2, -0.15) is 0 Å². The Hall–Kier alpha value is -2.22. The van der Waals surface area contributed by atoms with Gasteiger partial charge in [0.05, 0.1) is 13.2 Å². The molecular weight excluding hydrogens is 284 g/mol. The zero-order valence-electron chi connectivity index (χ0n) is 14.0. The summed E-state index contributed by atoms with van der Waals surface area (Å²) >= 11 is 0. The zero-order chi connectivity index (χ0) is 16.1. The third-order valence-electron chi connectivity index (χ3n) is 4.03. The average Bonchev–Trinajstić information content (AvgIpc) is 2.60. The summed E-state index contributed by atoms with van der Waals surface area (Å²) in [6.07, 6.45) is 3.20. The standard InChI is InChI=1S/C21H24O2/c1-3-5-15-23-21-18-12-8-6-10-16(18)20(22-14-4-2)17-11-7-9-13-19(17)21/h6-13H,3-5,14-15H2,1-2H3. The van der Waals surface area contributed by atoms with E-state index in [1.807, 2.05) is 0 Å². The molecule has 2 heteroatoms.